The topological polar surface area (TPSA) is 12.9 Å². The van der Waals surface area contributed by atoms with Crippen LogP contribution in [0.25, 0.3) is 33.3 Å². The van der Waals surface area contributed by atoms with E-state index in [1.165, 1.54) is 32.5 Å². The van der Waals surface area contributed by atoms with Crippen LogP contribution in [0.2, 0.25) is 0 Å². The summed E-state index contributed by atoms with van der Waals surface area (Å²) in [6, 6.07) is 27.8. The van der Waals surface area contributed by atoms with Crippen molar-refractivity contribution in [1.29, 1.82) is 0 Å². The summed E-state index contributed by atoms with van der Waals surface area (Å²) in [5.41, 5.74) is 7.42. The number of thioether (sulfide) groups is 1. The molecule has 0 aliphatic carbocycles. The Morgan fingerprint density at radius 3 is 2.42 bits per heavy atom. The summed E-state index contributed by atoms with van der Waals surface area (Å²) in [5.74, 6) is 0.967. The van der Waals surface area contributed by atoms with Gasteiger partial charge in [0.15, 0.2) is 0 Å². The minimum atomic E-state index is 0.967. The fourth-order valence-corrected chi connectivity index (χ4v) is 4.56. The minimum absolute atomic E-state index is 0.967. The molecule has 24 heavy (non-hydrogen) atoms. The first-order valence-electron chi connectivity index (χ1n) is 8.11. The molecule has 3 aromatic carbocycles. The molecule has 2 heterocycles. The summed E-state index contributed by atoms with van der Waals surface area (Å²) >= 11 is 1.91. The molecule has 5 rings (SSSR count). The van der Waals surface area contributed by atoms with Crippen molar-refractivity contribution in [2.24, 2.45) is 0 Å². The standard InChI is InChI=1S/C22H15NS/c1-2-8-15(9-3-1)21-16-10-4-6-12-19(16)23-22-17-11-5-7-13-20(17)24-14-18(21)22/h1-13H,14H2. The first kappa shape index (κ1) is 13.8. The Morgan fingerprint density at radius 1 is 0.750 bits per heavy atom. The maximum atomic E-state index is 5.03. The van der Waals surface area contributed by atoms with E-state index in [9.17, 15) is 0 Å². The number of rotatable bonds is 1. The second-order valence-electron chi connectivity index (χ2n) is 5.98. The van der Waals surface area contributed by atoms with E-state index in [1.54, 1.807) is 0 Å². The van der Waals surface area contributed by atoms with Gasteiger partial charge in [-0.25, -0.2) is 4.98 Å². The number of hydrogen-bond acceptors (Lipinski definition) is 2. The van der Waals surface area contributed by atoms with Crippen molar-refractivity contribution >= 4 is 22.7 Å². The fourth-order valence-electron chi connectivity index (χ4n) is 3.49. The molecular formula is C22H15NS. The predicted molar refractivity (Wildman–Crippen MR) is 102 cm³/mol. The van der Waals surface area contributed by atoms with Gasteiger partial charge in [0.2, 0.25) is 0 Å². The van der Waals surface area contributed by atoms with Crippen LogP contribution in [0.5, 0.6) is 0 Å². The smallest absolute Gasteiger partial charge is 0.0767 e. The number of benzene rings is 3. The lowest BCUT2D eigenvalue weighted by Gasteiger charge is -2.23. The molecule has 1 aromatic heterocycles. The molecule has 0 bridgehead atoms. The van der Waals surface area contributed by atoms with Crippen LogP contribution in [0.4, 0.5) is 0 Å². The van der Waals surface area contributed by atoms with Gasteiger partial charge in [0.25, 0.3) is 0 Å². The van der Waals surface area contributed by atoms with E-state index in [4.69, 9.17) is 4.98 Å². The van der Waals surface area contributed by atoms with E-state index in [0.29, 0.717) is 0 Å². The molecule has 4 aromatic rings. The van der Waals surface area contributed by atoms with Crippen LogP contribution in [-0.4, -0.2) is 4.98 Å². The molecule has 1 aliphatic heterocycles. The molecular weight excluding hydrogens is 310 g/mol. The van der Waals surface area contributed by atoms with Crippen LogP contribution >= 0.6 is 11.8 Å². The average Bonchev–Trinajstić information content (AvgIpc) is 2.67. The summed E-state index contributed by atoms with van der Waals surface area (Å²) in [6.07, 6.45) is 0. The molecule has 0 saturated carbocycles. The van der Waals surface area contributed by atoms with Crippen molar-refractivity contribution in [1.82, 2.24) is 4.98 Å². The van der Waals surface area contributed by atoms with Crippen molar-refractivity contribution in [2.75, 3.05) is 0 Å². The van der Waals surface area contributed by atoms with E-state index < -0.39 is 0 Å². The zero-order chi connectivity index (χ0) is 15.9. The highest BCUT2D eigenvalue weighted by Crippen LogP contribution is 2.46. The first-order valence-corrected chi connectivity index (χ1v) is 9.09. The van der Waals surface area contributed by atoms with Gasteiger partial charge in [-0.15, -0.1) is 11.8 Å². The molecule has 0 amide bonds. The van der Waals surface area contributed by atoms with Gasteiger partial charge in [-0.1, -0.05) is 66.7 Å². The molecule has 1 aliphatic rings. The van der Waals surface area contributed by atoms with Crippen LogP contribution in [0.1, 0.15) is 5.56 Å². The van der Waals surface area contributed by atoms with Crippen LogP contribution in [-0.2, 0) is 5.75 Å². The second kappa shape index (κ2) is 5.50. The van der Waals surface area contributed by atoms with Crippen molar-refractivity contribution in [2.45, 2.75) is 10.6 Å². The number of nitrogens with zero attached hydrogens (tertiary/aromatic N) is 1. The normalized spacial score (nSPS) is 12.7. The molecule has 114 valence electrons. The quantitative estimate of drug-likeness (QED) is 0.415. The maximum absolute atomic E-state index is 5.03. The van der Waals surface area contributed by atoms with E-state index in [0.717, 1.165) is 17.0 Å². The van der Waals surface area contributed by atoms with Gasteiger partial charge in [-0.05, 0) is 28.8 Å². The van der Waals surface area contributed by atoms with Crippen LogP contribution in [0.15, 0.2) is 83.8 Å². The number of para-hydroxylation sites is 1. The van der Waals surface area contributed by atoms with Crippen LogP contribution < -0.4 is 0 Å². The Kier molecular flexibility index (Phi) is 3.17. The Bertz CT molecular complexity index is 1050. The van der Waals surface area contributed by atoms with Gasteiger partial charge in [-0.3, -0.25) is 0 Å². The first-order chi connectivity index (χ1) is 11.9. The van der Waals surface area contributed by atoms with Crippen molar-refractivity contribution in [3.8, 4) is 22.4 Å². The zero-order valence-corrected chi connectivity index (χ0v) is 13.9. The molecule has 2 heteroatoms. The molecule has 0 atom stereocenters. The Balaban J connectivity index is 1.92. The third-order valence-corrected chi connectivity index (χ3v) is 5.67. The molecule has 0 spiro atoms. The Hall–Kier alpha value is -2.58. The monoisotopic (exact) mass is 325 g/mol. The lowest BCUT2D eigenvalue weighted by molar-refractivity contribution is 1.25. The maximum Gasteiger partial charge on any atom is 0.0767 e. The Morgan fingerprint density at radius 2 is 1.50 bits per heavy atom. The van der Waals surface area contributed by atoms with Crippen LogP contribution in [0.3, 0.4) is 0 Å². The lowest BCUT2D eigenvalue weighted by atomic mass is 9.92. The number of pyridine rings is 1. The molecule has 1 nitrogen and oxygen atoms in total. The third-order valence-electron chi connectivity index (χ3n) is 4.57. The summed E-state index contributed by atoms with van der Waals surface area (Å²) in [5, 5.41) is 1.24. The third kappa shape index (κ3) is 2.07. The summed E-state index contributed by atoms with van der Waals surface area (Å²) in [6.45, 7) is 0. The van der Waals surface area contributed by atoms with E-state index >= 15 is 0 Å². The van der Waals surface area contributed by atoms with E-state index in [2.05, 4.69) is 78.9 Å². The minimum Gasteiger partial charge on any atom is -0.247 e. The molecule has 0 radical (unpaired) electrons. The SMILES string of the molecule is c1ccc(-c2c3c(nc4ccccc24)-c2ccccc2SC3)cc1. The van der Waals surface area contributed by atoms with Crippen molar-refractivity contribution < 1.29 is 0 Å². The zero-order valence-electron chi connectivity index (χ0n) is 13.1. The van der Waals surface area contributed by atoms with Gasteiger partial charge < -0.3 is 0 Å². The molecule has 0 fully saturated rings. The molecule has 0 N–H and O–H groups in total. The van der Waals surface area contributed by atoms with Crippen molar-refractivity contribution in [3.05, 3.63) is 84.4 Å². The summed E-state index contributed by atoms with van der Waals surface area (Å²) < 4.78 is 0. The molecule has 0 unspecified atom stereocenters. The van der Waals surface area contributed by atoms with Gasteiger partial charge in [0.05, 0.1) is 11.2 Å². The summed E-state index contributed by atoms with van der Waals surface area (Å²) in [4.78, 5) is 6.36. The van der Waals surface area contributed by atoms with E-state index in [1.807, 2.05) is 11.8 Å². The van der Waals surface area contributed by atoms with Gasteiger partial charge in [0.1, 0.15) is 0 Å². The second-order valence-corrected chi connectivity index (χ2v) is 7.00. The predicted octanol–water partition coefficient (Wildman–Crippen LogP) is 6.17. The summed E-state index contributed by atoms with van der Waals surface area (Å²) in [7, 11) is 0. The highest BCUT2D eigenvalue weighted by molar-refractivity contribution is 7.98. The van der Waals surface area contributed by atoms with Crippen LogP contribution in [0, 0.1) is 0 Å². The van der Waals surface area contributed by atoms with Gasteiger partial charge >= 0.3 is 0 Å². The van der Waals surface area contributed by atoms with Gasteiger partial charge in [-0.2, -0.15) is 0 Å². The largest absolute Gasteiger partial charge is 0.247 e. The lowest BCUT2D eigenvalue weighted by Crippen LogP contribution is -2.02. The highest BCUT2D eigenvalue weighted by atomic mass is 32.2. The van der Waals surface area contributed by atoms with E-state index in [-0.39, 0.29) is 0 Å². The number of aromatic nitrogens is 1. The fraction of sp³-hybridized carbons (Fsp3) is 0.0455. The highest BCUT2D eigenvalue weighted by Gasteiger charge is 2.23. The Labute approximate surface area is 145 Å². The van der Waals surface area contributed by atoms with Crippen molar-refractivity contribution in [3.63, 3.8) is 0 Å². The number of fused-ring (bicyclic) bond motifs is 4. The average molecular weight is 325 g/mol. The number of hydrogen-bond donors (Lipinski definition) is 0. The molecule has 0 saturated heterocycles. The van der Waals surface area contributed by atoms with Gasteiger partial charge in [0, 0.05) is 21.6 Å².